The Morgan fingerprint density at radius 3 is 2.00 bits per heavy atom. The highest BCUT2D eigenvalue weighted by Gasteiger charge is 2.26. The summed E-state index contributed by atoms with van der Waals surface area (Å²) in [4.78, 5) is 33.8. The third-order valence-electron chi connectivity index (χ3n) is 5.67. The molecular weight excluding hydrogens is 440 g/mol. The van der Waals surface area contributed by atoms with Crippen LogP contribution in [0.3, 0.4) is 0 Å². The largest absolute Gasteiger partial charge is 0.493 e. The van der Waals surface area contributed by atoms with Crippen LogP contribution in [0, 0.1) is 0 Å². The number of ether oxygens (including phenoxy) is 2. The van der Waals surface area contributed by atoms with Crippen LogP contribution in [0.15, 0.2) is 60.0 Å². The molecule has 33 heavy (non-hydrogen) atoms. The van der Waals surface area contributed by atoms with Gasteiger partial charge >= 0.3 is 0 Å². The molecule has 0 unspecified atom stereocenters. The number of imidazole rings is 1. The van der Waals surface area contributed by atoms with E-state index in [0.29, 0.717) is 48.8 Å². The quantitative estimate of drug-likeness (QED) is 0.519. The maximum atomic E-state index is 13.0. The molecule has 9 heteroatoms. The van der Waals surface area contributed by atoms with Gasteiger partial charge < -0.3 is 19.3 Å². The highest BCUT2D eigenvalue weighted by atomic mass is 32.2. The van der Waals surface area contributed by atoms with Gasteiger partial charge in [-0.3, -0.25) is 14.2 Å². The molecule has 2 heterocycles. The second-order valence-corrected chi connectivity index (χ2v) is 8.26. The molecule has 4 rings (SSSR count). The van der Waals surface area contributed by atoms with Crippen LogP contribution in [0.25, 0.3) is 5.69 Å². The van der Waals surface area contributed by atoms with Crippen molar-refractivity contribution in [2.24, 2.45) is 0 Å². The number of rotatable bonds is 6. The fourth-order valence-electron chi connectivity index (χ4n) is 3.85. The molecule has 0 bridgehead atoms. The zero-order chi connectivity index (χ0) is 23.4. The van der Waals surface area contributed by atoms with E-state index in [1.54, 1.807) is 60.2 Å². The summed E-state index contributed by atoms with van der Waals surface area (Å²) in [6.07, 6.45) is 5.64. The summed E-state index contributed by atoms with van der Waals surface area (Å²) in [7, 11) is 3.10. The lowest BCUT2D eigenvalue weighted by Crippen LogP contribution is -2.50. The standard InChI is InChI=1S/C24H26N4O4S/c1-31-20-9-6-18(16-21(20)32-2)23(30)27-14-12-26(13-15-27)22(29)17-4-7-19(8-5-17)28-11-10-25-24(28)33-3/h4-11,16H,12-15H2,1-3H3. The van der Waals surface area contributed by atoms with Crippen molar-refractivity contribution < 1.29 is 19.1 Å². The van der Waals surface area contributed by atoms with Gasteiger partial charge in [0.25, 0.3) is 11.8 Å². The Morgan fingerprint density at radius 1 is 0.848 bits per heavy atom. The lowest BCUT2D eigenvalue weighted by atomic mass is 10.1. The van der Waals surface area contributed by atoms with Crippen LogP contribution in [-0.2, 0) is 0 Å². The number of methoxy groups -OCH3 is 2. The van der Waals surface area contributed by atoms with Crippen molar-refractivity contribution in [3.63, 3.8) is 0 Å². The minimum Gasteiger partial charge on any atom is -0.493 e. The Bertz CT molecular complexity index is 1140. The topological polar surface area (TPSA) is 76.9 Å². The maximum absolute atomic E-state index is 13.0. The van der Waals surface area contributed by atoms with E-state index < -0.39 is 0 Å². The average molecular weight is 467 g/mol. The maximum Gasteiger partial charge on any atom is 0.254 e. The molecule has 2 aromatic carbocycles. The Kier molecular flexibility index (Phi) is 6.88. The molecule has 1 saturated heterocycles. The third-order valence-corrected chi connectivity index (χ3v) is 6.33. The van der Waals surface area contributed by atoms with Crippen LogP contribution >= 0.6 is 11.8 Å². The van der Waals surface area contributed by atoms with Crippen LogP contribution in [0.1, 0.15) is 20.7 Å². The molecule has 1 aliphatic rings. The van der Waals surface area contributed by atoms with E-state index in [2.05, 4.69) is 4.98 Å². The third kappa shape index (κ3) is 4.68. The minimum atomic E-state index is -0.0858. The first-order valence-electron chi connectivity index (χ1n) is 10.5. The highest BCUT2D eigenvalue weighted by molar-refractivity contribution is 7.98. The van der Waals surface area contributed by atoms with Crippen molar-refractivity contribution in [2.75, 3.05) is 46.7 Å². The number of amides is 2. The average Bonchev–Trinajstić information content (AvgIpc) is 3.36. The van der Waals surface area contributed by atoms with E-state index in [4.69, 9.17) is 9.47 Å². The van der Waals surface area contributed by atoms with Gasteiger partial charge in [-0.1, -0.05) is 11.8 Å². The molecule has 0 spiro atoms. The van der Waals surface area contributed by atoms with Gasteiger partial charge in [0.1, 0.15) is 0 Å². The molecule has 0 radical (unpaired) electrons. The Morgan fingerprint density at radius 2 is 1.42 bits per heavy atom. The van der Waals surface area contributed by atoms with E-state index in [0.717, 1.165) is 10.8 Å². The van der Waals surface area contributed by atoms with Crippen LogP contribution in [-0.4, -0.2) is 77.8 Å². The second kappa shape index (κ2) is 9.99. The van der Waals surface area contributed by atoms with Crippen molar-refractivity contribution >= 4 is 23.6 Å². The summed E-state index contributed by atoms with van der Waals surface area (Å²) in [5.41, 5.74) is 2.12. The lowest BCUT2D eigenvalue weighted by Gasteiger charge is -2.35. The minimum absolute atomic E-state index is 0.0320. The van der Waals surface area contributed by atoms with Gasteiger partial charge in [-0.05, 0) is 48.7 Å². The molecule has 0 N–H and O–H groups in total. The van der Waals surface area contributed by atoms with Crippen molar-refractivity contribution in [3.05, 3.63) is 66.0 Å². The smallest absolute Gasteiger partial charge is 0.254 e. The number of carbonyl (C=O) groups is 2. The van der Waals surface area contributed by atoms with Gasteiger partial charge in [-0.25, -0.2) is 4.98 Å². The van der Waals surface area contributed by atoms with Crippen molar-refractivity contribution in [1.82, 2.24) is 19.4 Å². The van der Waals surface area contributed by atoms with E-state index in [1.165, 1.54) is 0 Å². The Hall–Kier alpha value is -3.46. The summed E-state index contributed by atoms with van der Waals surface area (Å²) in [5.74, 6) is 0.974. The first-order valence-corrected chi connectivity index (χ1v) is 11.8. The monoisotopic (exact) mass is 466 g/mol. The molecular formula is C24H26N4O4S. The number of nitrogens with zero attached hydrogens (tertiary/aromatic N) is 4. The lowest BCUT2D eigenvalue weighted by molar-refractivity contribution is 0.0535. The highest BCUT2D eigenvalue weighted by Crippen LogP contribution is 2.28. The predicted octanol–water partition coefficient (Wildman–Crippen LogP) is 3.21. The van der Waals surface area contributed by atoms with Crippen LogP contribution < -0.4 is 9.47 Å². The number of aromatic nitrogens is 2. The summed E-state index contributed by atoms with van der Waals surface area (Å²) in [5, 5.41) is 0.893. The SMILES string of the molecule is COc1ccc(C(=O)N2CCN(C(=O)c3ccc(-n4ccnc4SC)cc3)CC2)cc1OC. The van der Waals surface area contributed by atoms with E-state index >= 15 is 0 Å². The first kappa shape index (κ1) is 22.7. The van der Waals surface area contributed by atoms with Crippen LogP contribution in [0.5, 0.6) is 11.5 Å². The fourth-order valence-corrected chi connectivity index (χ4v) is 4.38. The van der Waals surface area contributed by atoms with Gasteiger partial charge in [0.2, 0.25) is 0 Å². The molecule has 1 aromatic heterocycles. The fraction of sp³-hybridized carbons (Fsp3) is 0.292. The van der Waals surface area contributed by atoms with Gasteiger partial charge in [0.05, 0.1) is 14.2 Å². The predicted molar refractivity (Wildman–Crippen MR) is 127 cm³/mol. The summed E-state index contributed by atoms with van der Waals surface area (Å²) >= 11 is 1.57. The van der Waals surface area contributed by atoms with Crippen molar-refractivity contribution in [1.29, 1.82) is 0 Å². The van der Waals surface area contributed by atoms with E-state index in [-0.39, 0.29) is 11.8 Å². The van der Waals surface area contributed by atoms with Gasteiger partial charge in [0.15, 0.2) is 16.7 Å². The summed E-state index contributed by atoms with van der Waals surface area (Å²) < 4.78 is 12.5. The molecule has 8 nitrogen and oxygen atoms in total. The summed E-state index contributed by atoms with van der Waals surface area (Å²) in [6.45, 7) is 1.92. The zero-order valence-electron chi connectivity index (χ0n) is 18.9. The second-order valence-electron chi connectivity index (χ2n) is 7.48. The van der Waals surface area contributed by atoms with E-state index in [1.807, 2.05) is 41.3 Å². The zero-order valence-corrected chi connectivity index (χ0v) is 19.7. The van der Waals surface area contributed by atoms with Gasteiger partial charge in [0, 0.05) is 55.4 Å². The molecule has 0 saturated carbocycles. The van der Waals surface area contributed by atoms with Crippen molar-refractivity contribution in [2.45, 2.75) is 5.16 Å². The number of hydrogen-bond acceptors (Lipinski definition) is 6. The van der Waals surface area contributed by atoms with Gasteiger partial charge in [-0.15, -0.1) is 0 Å². The Labute approximate surface area is 197 Å². The Balaban J connectivity index is 1.38. The van der Waals surface area contributed by atoms with Gasteiger partial charge in [-0.2, -0.15) is 0 Å². The van der Waals surface area contributed by atoms with Crippen molar-refractivity contribution in [3.8, 4) is 17.2 Å². The molecule has 0 atom stereocenters. The number of piperazine rings is 1. The number of carbonyl (C=O) groups excluding carboxylic acids is 2. The van der Waals surface area contributed by atoms with Crippen LogP contribution in [0.4, 0.5) is 0 Å². The molecule has 172 valence electrons. The number of thioether (sulfide) groups is 1. The normalized spacial score (nSPS) is 13.7. The summed E-state index contributed by atoms with van der Waals surface area (Å²) in [6, 6.07) is 12.7. The first-order chi connectivity index (χ1) is 16.0. The molecule has 1 aliphatic heterocycles. The van der Waals surface area contributed by atoms with Crippen LogP contribution in [0.2, 0.25) is 0 Å². The molecule has 0 aliphatic carbocycles. The number of benzene rings is 2. The molecule has 1 fully saturated rings. The number of hydrogen-bond donors (Lipinski definition) is 0. The molecule has 2 amide bonds. The van der Waals surface area contributed by atoms with E-state index in [9.17, 15) is 9.59 Å². The molecule has 3 aromatic rings.